The molecular weight excluding hydrogens is 499 g/mol. The van der Waals surface area contributed by atoms with E-state index >= 15 is 0 Å². The van der Waals surface area contributed by atoms with Gasteiger partial charge in [0.25, 0.3) is 7.82 Å². The topological polar surface area (TPSA) is 171 Å². The van der Waals surface area contributed by atoms with Crippen molar-refractivity contribution in [1.29, 1.82) is 0 Å². The Kier molecular flexibility index (Phi) is 30.7. The van der Waals surface area contributed by atoms with Crippen LogP contribution in [0.15, 0.2) is 0 Å². The molecule has 196 valence electrons. The van der Waals surface area contributed by atoms with Crippen molar-refractivity contribution >= 4 is 19.8 Å². The van der Waals surface area contributed by atoms with Crippen molar-refractivity contribution < 1.29 is 102 Å². The zero-order valence-electron chi connectivity index (χ0n) is 21.9. The average molecular weight is 542 g/mol. The average Bonchev–Trinajstić information content (AvgIpc) is 2.77. The number of esters is 1. The number of aliphatic carboxylic acids is 1. The number of hydrogen-bond acceptors (Lipinski definition) is 10. The van der Waals surface area contributed by atoms with Crippen molar-refractivity contribution in [2.75, 3.05) is 19.8 Å². The number of rotatable bonds is 23. The first kappa shape index (κ1) is 40.5. The third-order valence-corrected chi connectivity index (χ3v) is 6.13. The summed E-state index contributed by atoms with van der Waals surface area (Å²) >= 11 is 0. The van der Waals surface area contributed by atoms with Crippen LogP contribution < -0.4 is 74.8 Å². The molecule has 0 spiro atoms. The van der Waals surface area contributed by atoms with E-state index in [4.69, 9.17) is 10.5 Å². The summed E-state index contributed by atoms with van der Waals surface area (Å²) in [5, 5.41) is 19.7. The molecule has 0 aliphatic rings. The molecule has 0 aliphatic heterocycles. The third kappa shape index (κ3) is 26.4. The van der Waals surface area contributed by atoms with Gasteiger partial charge in [-0.1, -0.05) is 84.0 Å². The number of aliphatic hydroxyl groups is 1. The molecular formula is C22H42NNa2O9P. The summed E-state index contributed by atoms with van der Waals surface area (Å²) in [5.74, 6) is -2.20. The van der Waals surface area contributed by atoms with Crippen LogP contribution in [0.1, 0.15) is 96.8 Å². The SMILES string of the molecule is CCCCCCCCCCCCCCCC(=O)OC[C@H](CO)OP(=O)([O-])OC[C@H](N)C(=O)[O-].[Na+].[Na+]. The molecule has 0 bridgehead atoms. The Morgan fingerprint density at radius 3 is 1.77 bits per heavy atom. The summed E-state index contributed by atoms with van der Waals surface area (Å²) in [6.07, 6.45) is 14.3. The van der Waals surface area contributed by atoms with E-state index in [-0.39, 0.29) is 65.5 Å². The van der Waals surface area contributed by atoms with Crippen LogP contribution in [0.2, 0.25) is 0 Å². The van der Waals surface area contributed by atoms with Gasteiger partial charge in [0.1, 0.15) is 12.7 Å². The van der Waals surface area contributed by atoms with Gasteiger partial charge >= 0.3 is 65.1 Å². The fourth-order valence-corrected chi connectivity index (χ4v) is 4.01. The standard InChI is InChI=1S/C22H44NO9P.2Na/c1-2-3-4-5-6-7-8-9-10-11-12-13-14-15-21(25)30-17-19(16-24)32-33(28,29)31-18-20(23)22(26)27;;/h19-20,24H,2-18,23H2,1H3,(H,26,27)(H,28,29);;/q;2*+1/p-2/t19-,20-;;/m0../s1. The first-order valence-electron chi connectivity index (χ1n) is 12.1. The van der Waals surface area contributed by atoms with E-state index in [0.717, 1.165) is 19.3 Å². The van der Waals surface area contributed by atoms with Crippen LogP contribution in [0.3, 0.4) is 0 Å². The number of carboxylic acid groups (broad SMARTS) is 1. The van der Waals surface area contributed by atoms with Crippen molar-refractivity contribution in [1.82, 2.24) is 0 Å². The summed E-state index contributed by atoms with van der Waals surface area (Å²) in [4.78, 5) is 33.9. The molecule has 13 heteroatoms. The summed E-state index contributed by atoms with van der Waals surface area (Å²) in [6.45, 7) is 0.131. The number of carbonyl (C=O) groups excluding carboxylic acids is 2. The fraction of sp³-hybridized carbons (Fsp3) is 0.909. The van der Waals surface area contributed by atoms with Gasteiger partial charge in [-0.15, -0.1) is 0 Å². The van der Waals surface area contributed by atoms with Crippen molar-refractivity contribution in [2.45, 2.75) is 109 Å². The number of phosphoric ester groups is 1. The molecule has 0 amide bonds. The molecule has 0 aromatic rings. The van der Waals surface area contributed by atoms with Gasteiger partial charge in [0.15, 0.2) is 0 Å². The van der Waals surface area contributed by atoms with Crippen molar-refractivity contribution in [2.24, 2.45) is 5.73 Å². The second-order valence-electron chi connectivity index (χ2n) is 8.25. The van der Waals surface area contributed by atoms with Gasteiger partial charge in [0.2, 0.25) is 0 Å². The molecule has 35 heavy (non-hydrogen) atoms. The van der Waals surface area contributed by atoms with Crippen LogP contribution in [-0.4, -0.2) is 49.0 Å². The van der Waals surface area contributed by atoms with Crippen LogP contribution in [0.5, 0.6) is 0 Å². The molecule has 3 N–H and O–H groups in total. The Labute approximate surface area is 254 Å². The number of carboxylic acids is 1. The number of aliphatic hydroxyl groups excluding tert-OH is 1. The Hall–Kier alpha value is 0.970. The minimum atomic E-state index is -4.94. The Morgan fingerprint density at radius 1 is 0.886 bits per heavy atom. The van der Waals surface area contributed by atoms with Gasteiger partial charge in [-0.25, -0.2) is 0 Å². The van der Waals surface area contributed by atoms with E-state index < -0.39 is 51.7 Å². The van der Waals surface area contributed by atoms with E-state index in [1.807, 2.05) is 0 Å². The minimum absolute atomic E-state index is 0. The molecule has 0 aliphatic carbocycles. The number of unbranched alkanes of at least 4 members (excludes halogenated alkanes) is 12. The first-order chi connectivity index (χ1) is 15.7. The summed E-state index contributed by atoms with van der Waals surface area (Å²) < 4.78 is 25.5. The van der Waals surface area contributed by atoms with E-state index in [1.54, 1.807) is 0 Å². The molecule has 0 fully saturated rings. The quantitative estimate of drug-likeness (QED) is 0.0562. The van der Waals surface area contributed by atoms with E-state index in [2.05, 4.69) is 16.0 Å². The van der Waals surface area contributed by atoms with Crippen LogP contribution in [0, 0.1) is 0 Å². The number of ether oxygens (including phenoxy) is 1. The van der Waals surface area contributed by atoms with Gasteiger partial charge in [-0.05, 0) is 6.42 Å². The number of hydrogen-bond donors (Lipinski definition) is 2. The molecule has 0 aromatic heterocycles. The summed E-state index contributed by atoms with van der Waals surface area (Å²) in [5.41, 5.74) is 5.09. The maximum atomic E-state index is 11.8. The molecule has 0 rings (SSSR count). The predicted molar refractivity (Wildman–Crippen MR) is 120 cm³/mol. The maximum absolute atomic E-state index is 11.8. The monoisotopic (exact) mass is 541 g/mol. The first-order valence-corrected chi connectivity index (χ1v) is 13.5. The molecule has 0 saturated heterocycles. The maximum Gasteiger partial charge on any atom is 1.00 e. The zero-order chi connectivity index (χ0) is 25.0. The van der Waals surface area contributed by atoms with E-state index in [0.29, 0.717) is 6.42 Å². The molecule has 0 aromatic carbocycles. The third-order valence-electron chi connectivity index (χ3n) is 5.11. The van der Waals surface area contributed by atoms with Gasteiger partial charge in [-0.3, -0.25) is 9.36 Å². The summed E-state index contributed by atoms with van der Waals surface area (Å²) in [6, 6.07) is -1.65. The summed E-state index contributed by atoms with van der Waals surface area (Å²) in [7, 11) is -4.94. The van der Waals surface area contributed by atoms with E-state index in [9.17, 15) is 29.3 Å². The normalized spacial score (nSPS) is 14.2. The largest absolute Gasteiger partial charge is 1.00 e. The van der Waals surface area contributed by atoms with Gasteiger partial charge in [-0.2, -0.15) is 0 Å². The number of phosphoric acid groups is 1. The van der Waals surface area contributed by atoms with Crippen molar-refractivity contribution in [3.8, 4) is 0 Å². The van der Waals surface area contributed by atoms with Crippen molar-refractivity contribution in [3.63, 3.8) is 0 Å². The number of carbonyl (C=O) groups is 2. The molecule has 0 saturated carbocycles. The molecule has 10 nitrogen and oxygen atoms in total. The van der Waals surface area contributed by atoms with Crippen LogP contribution in [0.4, 0.5) is 0 Å². The molecule has 0 heterocycles. The number of nitrogens with two attached hydrogens (primary N) is 1. The Morgan fingerprint density at radius 2 is 1.34 bits per heavy atom. The molecule has 0 radical (unpaired) electrons. The molecule has 3 atom stereocenters. The Bertz CT molecular complexity index is 573. The second kappa shape index (κ2) is 26.6. The minimum Gasteiger partial charge on any atom is -0.756 e. The molecule has 1 unspecified atom stereocenters. The van der Waals surface area contributed by atoms with Gasteiger partial charge in [0, 0.05) is 6.42 Å². The van der Waals surface area contributed by atoms with Crippen LogP contribution in [0.25, 0.3) is 0 Å². The zero-order valence-corrected chi connectivity index (χ0v) is 26.8. The smallest absolute Gasteiger partial charge is 0.756 e. The Balaban J connectivity index is -0.00000512. The van der Waals surface area contributed by atoms with Crippen LogP contribution in [-0.2, 0) is 27.9 Å². The van der Waals surface area contributed by atoms with Crippen LogP contribution >= 0.6 is 7.82 Å². The predicted octanol–water partition coefficient (Wildman–Crippen LogP) is -4.04. The fourth-order valence-electron chi connectivity index (χ4n) is 3.11. The van der Waals surface area contributed by atoms with Gasteiger partial charge < -0.3 is 39.4 Å². The van der Waals surface area contributed by atoms with E-state index in [1.165, 1.54) is 57.8 Å². The van der Waals surface area contributed by atoms with Crippen molar-refractivity contribution in [3.05, 3.63) is 0 Å². The van der Waals surface area contributed by atoms with Gasteiger partial charge in [0.05, 0.1) is 25.2 Å². The second-order valence-corrected chi connectivity index (χ2v) is 9.62.